The molecule has 1 N–H and O–H groups in total. The summed E-state index contributed by atoms with van der Waals surface area (Å²) in [5.41, 5.74) is 3.20. The molecule has 5 rings (SSSR count). The van der Waals surface area contributed by atoms with Gasteiger partial charge in [0.15, 0.2) is 5.75 Å². The summed E-state index contributed by atoms with van der Waals surface area (Å²) >= 11 is 6.19. The molecule has 0 aromatic heterocycles. The van der Waals surface area contributed by atoms with E-state index in [1.807, 2.05) is 44.2 Å². The van der Waals surface area contributed by atoms with Gasteiger partial charge >= 0.3 is 0 Å². The first-order valence-corrected chi connectivity index (χ1v) is 13.6. The van der Waals surface area contributed by atoms with Crippen molar-refractivity contribution in [3.63, 3.8) is 0 Å². The molecule has 4 aromatic rings. The number of hydrogen-bond donors (Lipinski definition) is 1. The van der Waals surface area contributed by atoms with Crippen molar-refractivity contribution in [1.82, 2.24) is 0 Å². The first kappa shape index (κ1) is 24.9. The van der Waals surface area contributed by atoms with Crippen LogP contribution in [0.25, 0.3) is 0 Å². The molecule has 0 unspecified atom stereocenters. The summed E-state index contributed by atoms with van der Waals surface area (Å²) in [7, 11) is -3.74. The summed E-state index contributed by atoms with van der Waals surface area (Å²) in [5, 5.41) is 3.34. The highest BCUT2D eigenvalue weighted by Crippen LogP contribution is 2.38. The summed E-state index contributed by atoms with van der Waals surface area (Å²) in [4.78, 5) is 13.4. The third-order valence-corrected chi connectivity index (χ3v) is 8.41. The van der Waals surface area contributed by atoms with Crippen molar-refractivity contribution in [2.75, 3.05) is 9.62 Å². The molecule has 4 aromatic carbocycles. The van der Waals surface area contributed by atoms with E-state index in [2.05, 4.69) is 5.32 Å². The highest BCUT2D eigenvalue weighted by molar-refractivity contribution is 7.92. The number of rotatable bonds is 6. The lowest BCUT2D eigenvalue weighted by atomic mass is 10.1. The van der Waals surface area contributed by atoms with E-state index in [0.717, 1.165) is 11.1 Å². The van der Waals surface area contributed by atoms with Crippen molar-refractivity contribution in [3.8, 4) is 11.5 Å². The molecule has 1 atom stereocenters. The van der Waals surface area contributed by atoms with Gasteiger partial charge in [0.1, 0.15) is 5.75 Å². The van der Waals surface area contributed by atoms with E-state index in [0.29, 0.717) is 39.9 Å². The van der Waals surface area contributed by atoms with Crippen LogP contribution >= 0.6 is 11.6 Å². The predicted molar refractivity (Wildman–Crippen MR) is 146 cm³/mol. The molecule has 188 valence electrons. The van der Waals surface area contributed by atoms with Crippen molar-refractivity contribution >= 4 is 38.9 Å². The number of sulfonamides is 1. The maximum atomic E-state index is 13.4. The van der Waals surface area contributed by atoms with Gasteiger partial charge in [0.25, 0.3) is 15.9 Å². The number of anilines is 2. The molecule has 0 radical (unpaired) electrons. The summed E-state index contributed by atoms with van der Waals surface area (Å²) in [6.07, 6.45) is 0.501. The first-order valence-electron chi connectivity index (χ1n) is 11.8. The molecule has 0 aliphatic carbocycles. The number of carbonyl (C=O) groups is 1. The Morgan fingerprint density at radius 3 is 2.43 bits per heavy atom. The van der Waals surface area contributed by atoms with E-state index in [1.165, 1.54) is 4.31 Å². The van der Waals surface area contributed by atoms with Gasteiger partial charge in [0.2, 0.25) is 0 Å². The number of aryl methyl sites for hydroxylation is 1. The molecule has 0 fully saturated rings. The largest absolute Gasteiger partial charge is 0.455 e. The van der Waals surface area contributed by atoms with E-state index < -0.39 is 10.0 Å². The van der Waals surface area contributed by atoms with Gasteiger partial charge in [-0.2, -0.15) is 0 Å². The zero-order valence-corrected chi connectivity index (χ0v) is 21.9. The van der Waals surface area contributed by atoms with E-state index >= 15 is 0 Å². The van der Waals surface area contributed by atoms with Crippen LogP contribution in [0.15, 0.2) is 95.9 Å². The van der Waals surface area contributed by atoms with Gasteiger partial charge in [-0.1, -0.05) is 47.5 Å². The smallest absolute Gasteiger partial charge is 0.264 e. The molecule has 6 nitrogen and oxygen atoms in total. The highest BCUT2D eigenvalue weighted by atomic mass is 35.5. The second kappa shape index (κ2) is 9.92. The van der Waals surface area contributed by atoms with Crippen LogP contribution in [0, 0.1) is 6.92 Å². The summed E-state index contributed by atoms with van der Waals surface area (Å²) < 4.78 is 34.2. The van der Waals surface area contributed by atoms with Gasteiger partial charge in [-0.05, 0) is 86.5 Å². The number of benzene rings is 4. The third kappa shape index (κ3) is 5.05. The Morgan fingerprint density at radius 2 is 1.70 bits per heavy atom. The minimum atomic E-state index is -3.74. The summed E-state index contributed by atoms with van der Waals surface area (Å²) in [6, 6.07) is 25.9. The van der Waals surface area contributed by atoms with Crippen LogP contribution < -0.4 is 14.4 Å². The molecule has 0 saturated heterocycles. The van der Waals surface area contributed by atoms with E-state index in [9.17, 15) is 13.2 Å². The minimum Gasteiger partial charge on any atom is -0.455 e. The summed E-state index contributed by atoms with van der Waals surface area (Å²) in [6.45, 7) is 3.78. The zero-order valence-electron chi connectivity index (χ0n) is 20.3. The molecule has 1 heterocycles. The predicted octanol–water partition coefficient (Wildman–Crippen LogP) is 6.83. The average molecular weight is 533 g/mol. The Kier molecular flexibility index (Phi) is 6.67. The van der Waals surface area contributed by atoms with E-state index in [1.54, 1.807) is 60.7 Å². The Balaban J connectivity index is 1.41. The van der Waals surface area contributed by atoms with Gasteiger partial charge in [0, 0.05) is 16.6 Å². The first-order chi connectivity index (χ1) is 17.7. The molecular weight excluding hydrogens is 508 g/mol. The molecule has 37 heavy (non-hydrogen) atoms. The number of fused-ring (bicyclic) bond motifs is 1. The number of hydrogen-bond acceptors (Lipinski definition) is 4. The highest BCUT2D eigenvalue weighted by Gasteiger charge is 2.36. The maximum Gasteiger partial charge on any atom is 0.264 e. The lowest BCUT2D eigenvalue weighted by molar-refractivity contribution is 0.102. The monoisotopic (exact) mass is 532 g/mol. The number of ether oxygens (including phenoxy) is 1. The van der Waals surface area contributed by atoms with Crippen LogP contribution in [0.5, 0.6) is 11.5 Å². The molecular formula is C29H25ClN2O4S. The van der Waals surface area contributed by atoms with Crippen LogP contribution in [0.3, 0.4) is 0 Å². The number of para-hydroxylation sites is 1. The van der Waals surface area contributed by atoms with E-state index in [4.69, 9.17) is 16.3 Å². The Morgan fingerprint density at radius 1 is 0.973 bits per heavy atom. The van der Waals surface area contributed by atoms with Crippen LogP contribution in [-0.4, -0.2) is 20.4 Å². The molecule has 0 saturated carbocycles. The SMILES string of the molecule is Cc1ccc(S(=O)(=O)N2c3ccc(C(=O)Nc4cc(Cl)ccc4Oc4ccccc4)cc3C[C@@H]2C)cc1. The average Bonchev–Trinajstić information content (AvgIpc) is 3.22. The van der Waals surface area contributed by atoms with Gasteiger partial charge < -0.3 is 10.1 Å². The molecule has 1 aliphatic heterocycles. The summed E-state index contributed by atoms with van der Waals surface area (Å²) in [5.74, 6) is 0.728. The standard InChI is InChI=1S/C29H25ClN2O4S/c1-19-8-12-25(13-9-19)37(34,35)32-20(2)16-22-17-21(10-14-27(22)32)29(33)31-26-18-23(30)11-15-28(26)36-24-6-4-3-5-7-24/h3-15,17-18,20H,16H2,1-2H3,(H,31,33)/t20-/m0/s1. The molecule has 0 bridgehead atoms. The van der Waals surface area contributed by atoms with Crippen LogP contribution in [0.1, 0.15) is 28.4 Å². The Hall–Kier alpha value is -3.81. The topological polar surface area (TPSA) is 75.7 Å². The van der Waals surface area contributed by atoms with Crippen molar-refractivity contribution in [3.05, 3.63) is 113 Å². The second-order valence-corrected chi connectivity index (χ2v) is 11.3. The molecule has 8 heteroatoms. The van der Waals surface area contributed by atoms with Crippen molar-refractivity contribution < 1.29 is 17.9 Å². The minimum absolute atomic E-state index is 0.242. The van der Waals surface area contributed by atoms with Gasteiger partial charge in [-0.15, -0.1) is 0 Å². The van der Waals surface area contributed by atoms with Crippen molar-refractivity contribution in [1.29, 1.82) is 0 Å². The van der Waals surface area contributed by atoms with Crippen LogP contribution in [-0.2, 0) is 16.4 Å². The van der Waals surface area contributed by atoms with Crippen molar-refractivity contribution in [2.45, 2.75) is 31.2 Å². The maximum absolute atomic E-state index is 13.4. The molecule has 0 spiro atoms. The fraction of sp³-hybridized carbons (Fsp3) is 0.138. The van der Waals surface area contributed by atoms with Crippen LogP contribution in [0.4, 0.5) is 11.4 Å². The van der Waals surface area contributed by atoms with Gasteiger partial charge in [-0.3, -0.25) is 9.10 Å². The Labute approximate surface area is 221 Å². The number of halogens is 1. The molecule has 1 aliphatic rings. The fourth-order valence-corrected chi connectivity index (χ4v) is 6.30. The fourth-order valence-electron chi connectivity index (χ4n) is 4.43. The zero-order chi connectivity index (χ0) is 26.2. The molecule has 1 amide bonds. The van der Waals surface area contributed by atoms with Gasteiger partial charge in [0.05, 0.1) is 16.3 Å². The lowest BCUT2D eigenvalue weighted by Crippen LogP contribution is -2.35. The number of nitrogens with one attached hydrogen (secondary N) is 1. The van der Waals surface area contributed by atoms with Crippen LogP contribution in [0.2, 0.25) is 5.02 Å². The van der Waals surface area contributed by atoms with Crippen molar-refractivity contribution in [2.24, 2.45) is 0 Å². The number of amides is 1. The normalized spacial score (nSPS) is 14.8. The Bertz CT molecular complexity index is 1570. The lowest BCUT2D eigenvalue weighted by Gasteiger charge is -2.24. The van der Waals surface area contributed by atoms with E-state index in [-0.39, 0.29) is 16.8 Å². The third-order valence-electron chi connectivity index (χ3n) is 6.23. The quantitative estimate of drug-likeness (QED) is 0.295. The number of carbonyl (C=O) groups excluding carboxylic acids is 1. The second-order valence-electron chi connectivity index (χ2n) is 9.02. The number of nitrogens with zero attached hydrogens (tertiary/aromatic N) is 1. The van der Waals surface area contributed by atoms with Gasteiger partial charge in [-0.25, -0.2) is 8.42 Å².